The highest BCUT2D eigenvalue weighted by molar-refractivity contribution is 7.09. The second-order valence-corrected chi connectivity index (χ2v) is 8.57. The zero-order valence-corrected chi connectivity index (χ0v) is 18.7. The number of hydrogen-bond donors (Lipinski definition) is 2. The highest BCUT2D eigenvalue weighted by Crippen LogP contribution is 2.31. The number of aliphatic hydroxyl groups is 1. The van der Waals surface area contributed by atoms with Gasteiger partial charge in [-0.2, -0.15) is 5.26 Å². The number of amides is 2. The summed E-state index contributed by atoms with van der Waals surface area (Å²) in [6, 6.07) is 15.0. The molecule has 2 unspecified atom stereocenters. The van der Waals surface area contributed by atoms with Crippen LogP contribution in [0, 0.1) is 18.3 Å². The zero-order chi connectivity index (χ0) is 23.4. The van der Waals surface area contributed by atoms with E-state index in [-0.39, 0.29) is 25.0 Å². The fourth-order valence-corrected chi connectivity index (χ4v) is 4.48. The van der Waals surface area contributed by atoms with Crippen molar-refractivity contribution in [2.75, 3.05) is 18.5 Å². The topological polar surface area (TPSA) is 116 Å². The average Bonchev–Trinajstić information content (AvgIpc) is 3.25. The summed E-state index contributed by atoms with van der Waals surface area (Å²) in [6.45, 7) is 1.95. The maximum absolute atomic E-state index is 12.5. The van der Waals surface area contributed by atoms with E-state index in [9.17, 15) is 14.7 Å². The van der Waals surface area contributed by atoms with Gasteiger partial charge in [-0.05, 0) is 48.9 Å². The maximum Gasteiger partial charge on any atom is 0.255 e. The number of benzene rings is 2. The van der Waals surface area contributed by atoms with Gasteiger partial charge >= 0.3 is 0 Å². The highest BCUT2D eigenvalue weighted by atomic mass is 32.1. The number of anilines is 1. The fraction of sp³-hybridized carbons (Fsp3) is 0.250. The molecule has 168 valence electrons. The van der Waals surface area contributed by atoms with Crippen molar-refractivity contribution in [2.45, 2.75) is 25.6 Å². The van der Waals surface area contributed by atoms with Crippen LogP contribution in [0.2, 0.25) is 0 Å². The van der Waals surface area contributed by atoms with Gasteiger partial charge in [-0.15, -0.1) is 11.3 Å². The molecule has 2 heterocycles. The lowest BCUT2D eigenvalue weighted by molar-refractivity contribution is -0.161. The van der Waals surface area contributed by atoms with Crippen molar-refractivity contribution in [1.29, 1.82) is 5.26 Å². The number of carbonyl (C=O) groups is 2. The van der Waals surface area contributed by atoms with Crippen molar-refractivity contribution < 1.29 is 19.4 Å². The summed E-state index contributed by atoms with van der Waals surface area (Å²) in [6.07, 6.45) is -0.496. The number of aromatic nitrogens is 1. The van der Waals surface area contributed by atoms with Crippen LogP contribution in [-0.4, -0.2) is 46.1 Å². The second-order valence-electron chi connectivity index (χ2n) is 7.63. The van der Waals surface area contributed by atoms with Gasteiger partial charge < -0.3 is 20.1 Å². The number of nitrogens with one attached hydrogen (secondary N) is 1. The molecule has 1 aliphatic rings. The molecule has 0 spiro atoms. The molecule has 1 aliphatic heterocycles. The Hall–Kier alpha value is -3.58. The fourth-order valence-electron chi connectivity index (χ4n) is 3.71. The molecule has 0 radical (unpaired) electrons. The van der Waals surface area contributed by atoms with E-state index >= 15 is 0 Å². The molecule has 0 saturated carbocycles. The molecule has 1 aromatic heterocycles. The summed E-state index contributed by atoms with van der Waals surface area (Å²) < 4.78 is 5.79. The van der Waals surface area contributed by atoms with E-state index in [0.29, 0.717) is 23.4 Å². The van der Waals surface area contributed by atoms with Gasteiger partial charge in [0.2, 0.25) is 5.91 Å². The third-order valence-corrected chi connectivity index (χ3v) is 6.50. The smallest absolute Gasteiger partial charge is 0.255 e. The Labute approximate surface area is 195 Å². The summed E-state index contributed by atoms with van der Waals surface area (Å²) in [5.74, 6) is -0.463. The lowest BCUT2D eigenvalue weighted by Gasteiger charge is -2.40. The number of nitriles is 1. The Morgan fingerprint density at radius 1 is 1.27 bits per heavy atom. The molecule has 0 aliphatic carbocycles. The Balaban J connectivity index is 1.47. The van der Waals surface area contributed by atoms with Crippen LogP contribution in [0.5, 0.6) is 0 Å². The quantitative estimate of drug-likeness (QED) is 0.582. The largest absolute Gasteiger partial charge is 0.394 e. The van der Waals surface area contributed by atoms with Gasteiger partial charge in [0.1, 0.15) is 12.7 Å². The first-order valence-corrected chi connectivity index (χ1v) is 11.2. The first-order valence-electron chi connectivity index (χ1n) is 10.3. The van der Waals surface area contributed by atoms with Crippen LogP contribution < -0.4 is 5.32 Å². The number of carbonyl (C=O) groups excluding carboxylic acids is 2. The number of rotatable bonds is 6. The molecule has 4 rings (SSSR count). The third kappa shape index (κ3) is 4.93. The first kappa shape index (κ1) is 22.6. The maximum atomic E-state index is 12.5. The SMILES string of the molecule is Cc1ncsc1CN1C(=O)COC(c2ccc(NC(=O)c3ccc(C#N)cc3)cc2)C1CO. The number of aryl methyl sites for hydroxylation is 1. The molecule has 2 amide bonds. The van der Waals surface area contributed by atoms with E-state index in [4.69, 9.17) is 10.00 Å². The minimum absolute atomic E-state index is 0.0732. The van der Waals surface area contributed by atoms with Crippen molar-refractivity contribution >= 4 is 28.8 Å². The summed E-state index contributed by atoms with van der Waals surface area (Å²) in [5.41, 5.74) is 4.93. The molecular formula is C24H22N4O4S. The summed E-state index contributed by atoms with van der Waals surface area (Å²) >= 11 is 1.48. The number of ether oxygens (including phenoxy) is 1. The Morgan fingerprint density at radius 2 is 2.00 bits per heavy atom. The number of aliphatic hydroxyl groups excluding tert-OH is 1. The van der Waals surface area contributed by atoms with E-state index in [1.165, 1.54) is 11.3 Å². The number of thiazole rings is 1. The molecule has 33 heavy (non-hydrogen) atoms. The van der Waals surface area contributed by atoms with Crippen LogP contribution in [0.4, 0.5) is 5.69 Å². The molecule has 1 saturated heterocycles. The standard InChI is InChI=1S/C24H22N4O4S/c1-15-21(33-14-26-15)11-28-20(12-29)23(32-13-22(28)30)17-6-8-19(9-7-17)27-24(31)18-4-2-16(10-25)3-5-18/h2-9,14,20,23,29H,11-13H2,1H3,(H,27,31). The molecule has 9 heteroatoms. The molecule has 0 bridgehead atoms. The number of nitrogens with zero attached hydrogens (tertiary/aromatic N) is 3. The molecule has 8 nitrogen and oxygen atoms in total. The summed E-state index contributed by atoms with van der Waals surface area (Å²) in [5, 5.41) is 21.8. The van der Waals surface area contributed by atoms with E-state index in [1.807, 2.05) is 25.1 Å². The van der Waals surface area contributed by atoms with E-state index in [1.54, 1.807) is 46.8 Å². The Bertz CT molecular complexity index is 1180. The minimum atomic E-state index is -0.535. The molecular weight excluding hydrogens is 440 g/mol. The molecule has 1 fully saturated rings. The van der Waals surface area contributed by atoms with Gasteiger partial charge in [-0.1, -0.05) is 12.1 Å². The van der Waals surface area contributed by atoms with E-state index < -0.39 is 12.1 Å². The van der Waals surface area contributed by atoms with Gasteiger partial charge in [0, 0.05) is 16.1 Å². The monoisotopic (exact) mass is 462 g/mol. The molecule has 2 atom stereocenters. The van der Waals surface area contributed by atoms with Crippen molar-refractivity contribution in [3.63, 3.8) is 0 Å². The van der Waals surface area contributed by atoms with Gasteiger partial charge in [0.15, 0.2) is 0 Å². The molecule has 3 aromatic rings. The Morgan fingerprint density at radius 3 is 2.61 bits per heavy atom. The summed E-state index contributed by atoms with van der Waals surface area (Å²) in [4.78, 5) is 31.9. The zero-order valence-electron chi connectivity index (χ0n) is 17.9. The first-order chi connectivity index (χ1) is 16.0. The number of morpholine rings is 1. The van der Waals surface area contributed by atoms with Crippen LogP contribution in [0.15, 0.2) is 54.0 Å². The highest BCUT2D eigenvalue weighted by Gasteiger charge is 2.37. The van der Waals surface area contributed by atoms with Crippen LogP contribution in [0.3, 0.4) is 0 Å². The second kappa shape index (κ2) is 9.92. The van der Waals surface area contributed by atoms with Crippen molar-refractivity contribution in [3.8, 4) is 6.07 Å². The van der Waals surface area contributed by atoms with Gasteiger partial charge in [0.25, 0.3) is 5.91 Å². The normalized spacial score (nSPS) is 18.1. The summed E-state index contributed by atoms with van der Waals surface area (Å²) in [7, 11) is 0. The van der Waals surface area contributed by atoms with Crippen molar-refractivity contribution in [3.05, 3.63) is 81.3 Å². The van der Waals surface area contributed by atoms with Crippen molar-refractivity contribution in [2.24, 2.45) is 0 Å². The predicted molar refractivity (Wildman–Crippen MR) is 123 cm³/mol. The lowest BCUT2D eigenvalue weighted by atomic mass is 9.99. The van der Waals surface area contributed by atoms with E-state index in [2.05, 4.69) is 10.3 Å². The predicted octanol–water partition coefficient (Wildman–Crippen LogP) is 3.04. The molecule has 2 aromatic carbocycles. The van der Waals surface area contributed by atoms with Gasteiger partial charge in [-0.3, -0.25) is 9.59 Å². The average molecular weight is 463 g/mol. The van der Waals surface area contributed by atoms with Gasteiger partial charge in [-0.25, -0.2) is 4.98 Å². The molecule has 2 N–H and O–H groups in total. The Kier molecular flexibility index (Phi) is 6.79. The van der Waals surface area contributed by atoms with Crippen molar-refractivity contribution in [1.82, 2.24) is 9.88 Å². The van der Waals surface area contributed by atoms with E-state index in [0.717, 1.165) is 16.1 Å². The van der Waals surface area contributed by atoms with Crippen LogP contribution in [0.25, 0.3) is 0 Å². The third-order valence-electron chi connectivity index (χ3n) is 5.58. The minimum Gasteiger partial charge on any atom is -0.394 e. The van der Waals surface area contributed by atoms with Crippen LogP contribution in [-0.2, 0) is 16.1 Å². The lowest BCUT2D eigenvalue weighted by Crippen LogP contribution is -2.52. The van der Waals surface area contributed by atoms with Crippen LogP contribution in [0.1, 0.15) is 38.2 Å². The van der Waals surface area contributed by atoms with Crippen LogP contribution >= 0.6 is 11.3 Å². The number of hydrogen-bond acceptors (Lipinski definition) is 7. The van der Waals surface area contributed by atoms with Gasteiger partial charge in [0.05, 0.1) is 42.0 Å².